The fourth-order valence-electron chi connectivity index (χ4n) is 3.18. The second kappa shape index (κ2) is 8.93. The van der Waals surface area contributed by atoms with Crippen LogP contribution in [0, 0.1) is 6.92 Å². The van der Waals surface area contributed by atoms with E-state index in [1.807, 2.05) is 61.1 Å². The minimum absolute atomic E-state index is 0.127. The molecule has 6 heteroatoms. The maximum Gasteiger partial charge on any atom is 0.297 e. The van der Waals surface area contributed by atoms with Gasteiger partial charge in [-0.25, -0.2) is 9.67 Å². The van der Waals surface area contributed by atoms with Crippen LogP contribution in [-0.2, 0) is 7.05 Å². The average Bonchev–Trinajstić information content (AvgIpc) is 2.94. The van der Waals surface area contributed by atoms with Gasteiger partial charge in [0.25, 0.3) is 5.56 Å². The molecule has 0 spiro atoms. The summed E-state index contributed by atoms with van der Waals surface area (Å²) in [6.45, 7) is 5.73. The van der Waals surface area contributed by atoms with Gasteiger partial charge in [0, 0.05) is 37.9 Å². The molecule has 5 nitrogen and oxygen atoms in total. The van der Waals surface area contributed by atoms with E-state index in [0.717, 1.165) is 35.7 Å². The van der Waals surface area contributed by atoms with Crippen LogP contribution in [0.15, 0.2) is 64.4 Å². The van der Waals surface area contributed by atoms with Gasteiger partial charge in [-0.2, -0.15) is 0 Å². The van der Waals surface area contributed by atoms with Gasteiger partial charge in [0.2, 0.25) is 0 Å². The van der Waals surface area contributed by atoms with Crippen molar-refractivity contribution >= 4 is 29.2 Å². The fraction of sp³-hybridized carbons (Fsp3) is 0.273. The second-order valence-corrected chi connectivity index (χ2v) is 6.91. The van der Waals surface area contributed by atoms with Crippen LogP contribution in [0.3, 0.4) is 0 Å². The number of alkyl halides is 1. The van der Waals surface area contributed by atoms with Gasteiger partial charge in [-0.05, 0) is 43.7 Å². The summed E-state index contributed by atoms with van der Waals surface area (Å²) in [6.07, 6.45) is 1.74. The Kier molecular flexibility index (Phi) is 6.37. The first kappa shape index (κ1) is 20.0. The van der Waals surface area contributed by atoms with E-state index in [0.29, 0.717) is 11.6 Å². The van der Waals surface area contributed by atoms with E-state index in [9.17, 15) is 4.79 Å². The van der Waals surface area contributed by atoms with E-state index in [2.05, 4.69) is 28.9 Å². The number of rotatable bonds is 7. The monoisotopic (exact) mass is 396 g/mol. The zero-order valence-electron chi connectivity index (χ0n) is 16.5. The van der Waals surface area contributed by atoms with Crippen molar-refractivity contribution < 1.29 is 0 Å². The van der Waals surface area contributed by atoms with Crippen LogP contribution in [0.5, 0.6) is 0 Å². The highest BCUT2D eigenvalue weighted by Gasteiger charge is 2.14. The van der Waals surface area contributed by atoms with E-state index in [-0.39, 0.29) is 5.56 Å². The average molecular weight is 397 g/mol. The number of halogens is 1. The summed E-state index contributed by atoms with van der Waals surface area (Å²) >= 11 is 5.87. The topological polar surface area (TPSA) is 42.5 Å². The number of hydrogen-bond acceptors (Lipinski definition) is 3. The molecule has 0 amide bonds. The Morgan fingerprint density at radius 3 is 2.39 bits per heavy atom. The highest BCUT2D eigenvalue weighted by Crippen LogP contribution is 2.18. The normalized spacial score (nSPS) is 11.3. The molecule has 0 radical (unpaired) electrons. The molecular formula is C22H25ClN4O. The summed E-state index contributed by atoms with van der Waals surface area (Å²) in [5.41, 5.74) is 4.04. The molecule has 0 aliphatic heterocycles. The molecule has 0 aliphatic rings. The van der Waals surface area contributed by atoms with Crippen LogP contribution in [0.4, 0.5) is 11.4 Å². The Morgan fingerprint density at radius 1 is 1.11 bits per heavy atom. The molecule has 0 bridgehead atoms. The molecule has 2 aromatic carbocycles. The van der Waals surface area contributed by atoms with Gasteiger partial charge < -0.3 is 4.90 Å². The minimum atomic E-state index is -0.127. The van der Waals surface area contributed by atoms with Crippen LogP contribution in [0.2, 0.25) is 0 Å². The second-order valence-electron chi connectivity index (χ2n) is 6.53. The maximum atomic E-state index is 12.9. The van der Waals surface area contributed by atoms with Crippen molar-refractivity contribution in [3.05, 3.63) is 76.2 Å². The third-order valence-electron chi connectivity index (χ3n) is 4.86. The summed E-state index contributed by atoms with van der Waals surface area (Å²) in [5.74, 6) is 0.595. The summed E-state index contributed by atoms with van der Waals surface area (Å²) in [7, 11) is 1.87. The Hall–Kier alpha value is -2.79. The largest absolute Gasteiger partial charge is 0.371 e. The van der Waals surface area contributed by atoms with Crippen molar-refractivity contribution in [2.45, 2.75) is 13.8 Å². The van der Waals surface area contributed by atoms with Crippen molar-refractivity contribution in [3.8, 4) is 5.69 Å². The van der Waals surface area contributed by atoms with Gasteiger partial charge >= 0.3 is 0 Å². The van der Waals surface area contributed by atoms with Crippen LogP contribution >= 0.6 is 11.6 Å². The summed E-state index contributed by atoms with van der Waals surface area (Å²) in [4.78, 5) is 19.6. The van der Waals surface area contributed by atoms with E-state index in [4.69, 9.17) is 11.6 Å². The van der Waals surface area contributed by atoms with Crippen LogP contribution < -0.4 is 10.5 Å². The molecule has 0 fully saturated rings. The minimum Gasteiger partial charge on any atom is -0.371 e. The molecule has 28 heavy (non-hydrogen) atoms. The van der Waals surface area contributed by atoms with Crippen LogP contribution in [0.1, 0.15) is 18.2 Å². The van der Waals surface area contributed by atoms with Crippen molar-refractivity contribution in [2.75, 3.05) is 23.9 Å². The molecule has 3 rings (SSSR count). The third-order valence-corrected chi connectivity index (χ3v) is 5.03. The summed E-state index contributed by atoms with van der Waals surface area (Å²) < 4.78 is 3.47. The zero-order chi connectivity index (χ0) is 20.1. The lowest BCUT2D eigenvalue weighted by Crippen LogP contribution is -2.24. The molecule has 0 saturated carbocycles. The molecule has 1 aromatic heterocycles. The Balaban J connectivity index is 1.88. The molecule has 0 aliphatic carbocycles. The number of benzene rings is 2. The first-order valence-electron chi connectivity index (χ1n) is 9.36. The molecule has 3 aromatic rings. The molecule has 146 valence electrons. The fourth-order valence-corrected chi connectivity index (χ4v) is 3.39. The standard InChI is InChI=1S/C22H25ClN4O/c1-4-26(15-14-23)19-12-10-18(11-13-19)16-24-21-17(2)25(3)27(22(21)28)20-8-6-5-7-9-20/h5-13,16H,4,14-15H2,1-3H3. The van der Waals surface area contributed by atoms with E-state index in [1.165, 1.54) is 0 Å². The smallest absolute Gasteiger partial charge is 0.297 e. The number of para-hydroxylation sites is 1. The summed E-state index contributed by atoms with van der Waals surface area (Å²) in [6, 6.07) is 17.7. The van der Waals surface area contributed by atoms with Crippen molar-refractivity contribution in [3.63, 3.8) is 0 Å². The Morgan fingerprint density at radius 2 is 1.79 bits per heavy atom. The van der Waals surface area contributed by atoms with Crippen molar-refractivity contribution in [1.29, 1.82) is 0 Å². The number of anilines is 1. The number of hydrogen-bond donors (Lipinski definition) is 0. The van der Waals surface area contributed by atoms with Gasteiger partial charge in [0.1, 0.15) is 0 Å². The quantitative estimate of drug-likeness (QED) is 0.441. The Bertz CT molecular complexity index is 1000. The van der Waals surface area contributed by atoms with Crippen LogP contribution in [0.25, 0.3) is 5.69 Å². The Labute approximate surface area is 170 Å². The first-order chi connectivity index (χ1) is 13.6. The van der Waals surface area contributed by atoms with Crippen molar-refractivity contribution in [2.24, 2.45) is 12.0 Å². The lowest BCUT2D eigenvalue weighted by Gasteiger charge is -2.21. The maximum absolute atomic E-state index is 12.9. The van der Waals surface area contributed by atoms with Gasteiger partial charge in [0.15, 0.2) is 5.69 Å². The van der Waals surface area contributed by atoms with E-state index >= 15 is 0 Å². The highest BCUT2D eigenvalue weighted by atomic mass is 35.5. The van der Waals surface area contributed by atoms with Gasteiger partial charge in [0.05, 0.1) is 11.4 Å². The van der Waals surface area contributed by atoms with Crippen LogP contribution in [-0.4, -0.2) is 34.5 Å². The molecule has 0 N–H and O–H groups in total. The number of aliphatic imine (C=N–C) groups is 1. The van der Waals surface area contributed by atoms with Crippen molar-refractivity contribution in [1.82, 2.24) is 9.36 Å². The van der Waals surface area contributed by atoms with E-state index < -0.39 is 0 Å². The zero-order valence-corrected chi connectivity index (χ0v) is 17.2. The SMILES string of the molecule is CCN(CCCl)c1ccc(C=Nc2c(C)n(C)n(-c3ccccc3)c2=O)cc1. The number of nitrogens with zero attached hydrogens (tertiary/aromatic N) is 4. The van der Waals surface area contributed by atoms with Gasteiger partial charge in [-0.15, -0.1) is 11.6 Å². The first-order valence-corrected chi connectivity index (χ1v) is 9.89. The predicted molar refractivity (Wildman–Crippen MR) is 118 cm³/mol. The molecule has 0 atom stereocenters. The van der Waals surface area contributed by atoms with Gasteiger partial charge in [-0.1, -0.05) is 30.3 Å². The molecule has 1 heterocycles. The summed E-state index contributed by atoms with van der Waals surface area (Å²) in [5, 5.41) is 0. The lowest BCUT2D eigenvalue weighted by molar-refractivity contribution is 0.630. The molecule has 0 saturated heterocycles. The molecular weight excluding hydrogens is 372 g/mol. The third kappa shape index (κ3) is 4.04. The van der Waals surface area contributed by atoms with Gasteiger partial charge in [-0.3, -0.25) is 9.48 Å². The highest BCUT2D eigenvalue weighted by molar-refractivity contribution is 6.18. The lowest BCUT2D eigenvalue weighted by atomic mass is 10.2. The predicted octanol–water partition coefficient (Wildman–Crippen LogP) is 4.30. The number of aromatic nitrogens is 2. The molecule has 0 unspecified atom stereocenters. The van der Waals surface area contributed by atoms with E-state index in [1.54, 1.807) is 10.9 Å².